The highest BCUT2D eigenvalue weighted by Crippen LogP contribution is 2.37. The van der Waals surface area contributed by atoms with Crippen LogP contribution in [0.4, 0.5) is 4.79 Å². The molecule has 0 unspecified atom stereocenters. The minimum atomic E-state index is -0.742. The normalized spacial score (nSPS) is 24.6. The van der Waals surface area contributed by atoms with E-state index in [9.17, 15) is 9.59 Å². The molecule has 2 amide bonds. The van der Waals surface area contributed by atoms with Crippen LogP contribution in [0.1, 0.15) is 54.4 Å². The molecular weight excluding hydrogens is 375 g/mol. The van der Waals surface area contributed by atoms with Crippen LogP contribution in [0.3, 0.4) is 0 Å². The molecule has 2 aliphatic heterocycles. The maximum atomic E-state index is 13.2. The maximum Gasteiger partial charge on any atom is 0.614 e. The number of nitrogens with zero attached hydrogens (tertiary/aromatic N) is 2. The zero-order valence-corrected chi connectivity index (χ0v) is 18.9. The highest BCUT2D eigenvalue weighted by Gasteiger charge is 2.52. The number of nitrogens with one attached hydrogen (secondary N) is 2. The smallest absolute Gasteiger partial charge is 0.453 e. The first-order valence-corrected chi connectivity index (χ1v) is 10.2. The molecule has 2 N–H and O–H groups in total. The molecule has 0 radical (unpaired) electrons. The number of hydrogen-bond donors (Lipinski definition) is 2. The lowest BCUT2D eigenvalue weighted by Crippen LogP contribution is -2.55. The summed E-state index contributed by atoms with van der Waals surface area (Å²) in [6.45, 7) is 12.3. The molecule has 0 spiro atoms. The zero-order valence-electron chi connectivity index (χ0n) is 18.9. The highest BCUT2D eigenvalue weighted by molar-refractivity contribution is 6.45. The largest absolute Gasteiger partial charge is 0.614 e. The lowest BCUT2D eigenvalue weighted by atomic mass is 9.90. The van der Waals surface area contributed by atoms with Gasteiger partial charge >= 0.3 is 13.3 Å². The van der Waals surface area contributed by atoms with Crippen molar-refractivity contribution in [2.75, 3.05) is 20.7 Å². The van der Waals surface area contributed by atoms with E-state index in [1.54, 1.807) is 11.9 Å². The maximum absolute atomic E-state index is 13.2. The topological polar surface area (TPSA) is 101 Å². The van der Waals surface area contributed by atoms with Crippen molar-refractivity contribution < 1.29 is 23.6 Å². The second-order valence-electron chi connectivity index (χ2n) is 8.87. The van der Waals surface area contributed by atoms with E-state index in [1.165, 1.54) is 7.11 Å². The molecule has 0 aliphatic carbocycles. The Hall–Kier alpha value is -1.81. The molecule has 2 rings (SSSR count). The molecule has 9 nitrogen and oxygen atoms in total. The SMILES string of the molecule is CNC(=NB1OC(C)(C)C(C)(C)O1)[C@@H]1CCCN1C(=O)[C@@H](NC(=O)OC)C(C)C. The van der Waals surface area contributed by atoms with Crippen LogP contribution in [0.5, 0.6) is 0 Å². The Bertz CT molecular complexity index is 637. The third kappa shape index (κ3) is 5.03. The first-order chi connectivity index (χ1) is 13.4. The highest BCUT2D eigenvalue weighted by atomic mass is 16.7. The second-order valence-corrected chi connectivity index (χ2v) is 8.87. The molecule has 2 saturated heterocycles. The monoisotopic (exact) mass is 410 g/mol. The van der Waals surface area contributed by atoms with Crippen LogP contribution in [0.25, 0.3) is 0 Å². The van der Waals surface area contributed by atoms with E-state index < -0.39 is 30.6 Å². The predicted octanol–water partition coefficient (Wildman–Crippen LogP) is 1.56. The van der Waals surface area contributed by atoms with Gasteiger partial charge in [-0.25, -0.2) is 4.79 Å². The number of rotatable bonds is 5. The first kappa shape index (κ1) is 23.5. The molecule has 2 atom stereocenters. The fourth-order valence-electron chi connectivity index (χ4n) is 3.49. The fraction of sp³-hybridized carbons (Fsp3) is 0.842. The number of alkyl carbamates (subject to hydrolysis) is 1. The van der Waals surface area contributed by atoms with Crippen molar-refractivity contribution in [2.24, 2.45) is 10.8 Å². The number of carbonyl (C=O) groups is 2. The minimum absolute atomic E-state index is 0.0825. The van der Waals surface area contributed by atoms with Crippen molar-refractivity contribution in [3.63, 3.8) is 0 Å². The summed E-state index contributed by atoms with van der Waals surface area (Å²) < 4.78 is 16.6. The first-order valence-electron chi connectivity index (χ1n) is 10.2. The lowest BCUT2D eigenvalue weighted by molar-refractivity contribution is -0.134. The molecule has 0 aromatic carbocycles. The average molecular weight is 410 g/mol. The van der Waals surface area contributed by atoms with Crippen LogP contribution in [-0.2, 0) is 18.8 Å². The number of hydrogen-bond acceptors (Lipinski definition) is 6. The van der Waals surface area contributed by atoms with E-state index in [0.717, 1.165) is 12.8 Å². The van der Waals surface area contributed by atoms with Crippen LogP contribution in [0.2, 0.25) is 0 Å². The molecule has 0 aromatic heterocycles. The molecule has 0 saturated carbocycles. The van der Waals surface area contributed by atoms with E-state index in [4.69, 9.17) is 9.31 Å². The number of likely N-dealkylation sites (N-methyl/N-ethyl adjacent to an activating group) is 1. The van der Waals surface area contributed by atoms with Crippen molar-refractivity contribution >= 4 is 25.1 Å². The van der Waals surface area contributed by atoms with Gasteiger partial charge < -0.3 is 29.6 Å². The second kappa shape index (κ2) is 8.91. The molecule has 2 aliphatic rings. The predicted molar refractivity (Wildman–Crippen MR) is 111 cm³/mol. The summed E-state index contributed by atoms with van der Waals surface area (Å²) >= 11 is 0. The van der Waals surface area contributed by atoms with Gasteiger partial charge in [-0.05, 0) is 46.5 Å². The quantitative estimate of drug-likeness (QED) is 0.405. The van der Waals surface area contributed by atoms with Crippen molar-refractivity contribution in [1.29, 1.82) is 0 Å². The van der Waals surface area contributed by atoms with Crippen LogP contribution in [0.15, 0.2) is 4.90 Å². The van der Waals surface area contributed by atoms with Gasteiger partial charge in [-0.15, -0.1) is 0 Å². The molecule has 2 fully saturated rings. The van der Waals surface area contributed by atoms with E-state index >= 15 is 0 Å². The van der Waals surface area contributed by atoms with Gasteiger partial charge in [-0.3, -0.25) is 9.70 Å². The van der Waals surface area contributed by atoms with Crippen molar-refractivity contribution in [3.8, 4) is 0 Å². The summed E-state index contributed by atoms with van der Waals surface area (Å²) in [5.41, 5.74) is -0.975. The average Bonchev–Trinajstić information content (AvgIpc) is 3.18. The molecule has 0 aromatic rings. The summed E-state index contributed by atoms with van der Waals surface area (Å²) in [5, 5.41) is 5.77. The molecule has 164 valence electrons. The Balaban J connectivity index is 2.21. The third-order valence-electron chi connectivity index (χ3n) is 5.98. The van der Waals surface area contributed by atoms with Crippen molar-refractivity contribution in [3.05, 3.63) is 0 Å². The van der Waals surface area contributed by atoms with E-state index in [1.807, 2.05) is 41.5 Å². The number of likely N-dealkylation sites (tertiary alicyclic amines) is 1. The van der Waals surface area contributed by atoms with Gasteiger partial charge in [0.05, 0.1) is 24.4 Å². The van der Waals surface area contributed by atoms with Crippen LogP contribution < -0.4 is 10.6 Å². The summed E-state index contributed by atoms with van der Waals surface area (Å²) in [6.07, 6.45) is 1.00. The number of carbonyl (C=O) groups excluding carboxylic acids is 2. The Morgan fingerprint density at radius 2 is 1.79 bits per heavy atom. The van der Waals surface area contributed by atoms with Crippen molar-refractivity contribution in [2.45, 2.75) is 77.7 Å². The molecule has 0 bridgehead atoms. The van der Waals surface area contributed by atoms with E-state index in [2.05, 4.69) is 20.3 Å². The number of ether oxygens (including phenoxy) is 1. The van der Waals surface area contributed by atoms with Crippen LogP contribution >= 0.6 is 0 Å². The minimum Gasteiger partial charge on any atom is -0.453 e. The van der Waals surface area contributed by atoms with Gasteiger partial charge in [0.25, 0.3) is 0 Å². The number of amidine groups is 1. The summed E-state index contributed by atoms with van der Waals surface area (Å²) in [5.74, 6) is 0.403. The van der Waals surface area contributed by atoms with Crippen LogP contribution in [-0.4, -0.2) is 74.0 Å². The molecule has 10 heteroatoms. The molecular formula is C19H35BN4O5. The Morgan fingerprint density at radius 1 is 1.21 bits per heavy atom. The Kier molecular flexibility index (Phi) is 7.21. The van der Waals surface area contributed by atoms with Gasteiger partial charge in [0.2, 0.25) is 5.91 Å². The molecule has 29 heavy (non-hydrogen) atoms. The van der Waals surface area contributed by atoms with Gasteiger partial charge in [0, 0.05) is 13.6 Å². The number of methoxy groups -OCH3 is 1. The number of amides is 2. The summed E-state index contributed by atoms with van der Waals surface area (Å²) in [6, 6.07) is -0.898. The van der Waals surface area contributed by atoms with Crippen LogP contribution in [0, 0.1) is 5.92 Å². The van der Waals surface area contributed by atoms with Gasteiger partial charge in [0.1, 0.15) is 11.9 Å². The van der Waals surface area contributed by atoms with E-state index in [0.29, 0.717) is 12.4 Å². The molecule has 2 heterocycles. The van der Waals surface area contributed by atoms with Crippen molar-refractivity contribution in [1.82, 2.24) is 15.5 Å². The van der Waals surface area contributed by atoms with E-state index in [-0.39, 0.29) is 17.9 Å². The zero-order chi connectivity index (χ0) is 22.0. The fourth-order valence-corrected chi connectivity index (χ4v) is 3.49. The van der Waals surface area contributed by atoms with Gasteiger partial charge in [0.15, 0.2) is 0 Å². The van der Waals surface area contributed by atoms with Gasteiger partial charge in [-0.2, -0.15) is 0 Å². The third-order valence-corrected chi connectivity index (χ3v) is 5.98. The standard InChI is InChI=1S/C19H35BN4O5/c1-12(2)14(22-17(26)27-8)16(25)24-11-9-10-13(24)15(21-7)23-20-28-18(3,4)19(5,6)29-20/h12-14H,9-11H2,1-8H3,(H,21,23)(H,22,26)/t13-,14-/m0/s1. The summed E-state index contributed by atoms with van der Waals surface area (Å²) in [4.78, 5) is 31.3. The summed E-state index contributed by atoms with van der Waals surface area (Å²) in [7, 11) is 2.32. The lowest BCUT2D eigenvalue weighted by Gasteiger charge is -2.32. The van der Waals surface area contributed by atoms with Gasteiger partial charge in [-0.1, -0.05) is 13.8 Å². The Labute approximate surface area is 174 Å². The Morgan fingerprint density at radius 3 is 2.28 bits per heavy atom.